The van der Waals surface area contributed by atoms with Crippen LogP contribution < -0.4 is 0 Å². The minimum Gasteiger partial charge on any atom is -0.444 e. The van der Waals surface area contributed by atoms with Gasteiger partial charge >= 0.3 is 6.09 Å². The molecule has 100 valence electrons. The van der Waals surface area contributed by atoms with E-state index in [2.05, 4.69) is 29.5 Å². The van der Waals surface area contributed by atoms with Crippen LogP contribution in [0.4, 0.5) is 4.79 Å². The molecule has 0 radical (unpaired) electrons. The highest BCUT2D eigenvalue weighted by Crippen LogP contribution is 2.26. The molecular formula is C13H24INO2. The highest BCUT2D eigenvalue weighted by Gasteiger charge is 2.28. The summed E-state index contributed by atoms with van der Waals surface area (Å²) in [7, 11) is 0. The summed E-state index contributed by atoms with van der Waals surface area (Å²) in [4.78, 5) is 13.7. The molecule has 0 aromatic heterocycles. The Bertz CT molecular complexity index is 255. The summed E-state index contributed by atoms with van der Waals surface area (Å²) in [5.41, 5.74) is -0.385. The molecule has 1 atom stereocenters. The lowest BCUT2D eigenvalue weighted by Crippen LogP contribution is -2.42. The van der Waals surface area contributed by atoms with Crippen molar-refractivity contribution in [3.63, 3.8) is 0 Å². The Hall–Kier alpha value is 0. The fourth-order valence-electron chi connectivity index (χ4n) is 2.10. The first-order chi connectivity index (χ1) is 7.83. The number of rotatable bonds is 2. The average molecular weight is 353 g/mol. The van der Waals surface area contributed by atoms with Crippen molar-refractivity contribution >= 4 is 28.7 Å². The molecule has 0 N–H and O–H groups in total. The molecule has 1 heterocycles. The fourth-order valence-corrected chi connectivity index (χ4v) is 2.82. The van der Waals surface area contributed by atoms with Crippen molar-refractivity contribution in [2.45, 2.75) is 46.1 Å². The Kier molecular flexibility index (Phi) is 5.54. The van der Waals surface area contributed by atoms with Crippen LogP contribution in [0, 0.1) is 11.8 Å². The molecule has 1 aliphatic heterocycles. The Morgan fingerprint density at radius 2 is 1.94 bits per heavy atom. The summed E-state index contributed by atoms with van der Waals surface area (Å²) in [6.45, 7) is 9.74. The SMILES string of the molecule is CC(CI)C1CCN(C(=O)OC(C)(C)C)CC1. The van der Waals surface area contributed by atoms with Crippen molar-refractivity contribution in [1.82, 2.24) is 4.90 Å². The van der Waals surface area contributed by atoms with Crippen LogP contribution in [0.5, 0.6) is 0 Å². The molecule has 0 bridgehead atoms. The predicted octanol–water partition coefficient (Wildman–Crippen LogP) is 3.70. The van der Waals surface area contributed by atoms with E-state index in [-0.39, 0.29) is 11.7 Å². The smallest absolute Gasteiger partial charge is 0.410 e. The number of alkyl halides is 1. The molecule has 0 spiro atoms. The van der Waals surface area contributed by atoms with Gasteiger partial charge in [-0.3, -0.25) is 0 Å². The zero-order valence-electron chi connectivity index (χ0n) is 11.3. The maximum absolute atomic E-state index is 11.9. The second-order valence-electron chi connectivity index (χ2n) is 5.94. The van der Waals surface area contributed by atoms with Crippen LogP contribution in [0.1, 0.15) is 40.5 Å². The van der Waals surface area contributed by atoms with Crippen molar-refractivity contribution in [3.05, 3.63) is 0 Å². The van der Waals surface area contributed by atoms with E-state index in [4.69, 9.17) is 4.74 Å². The Morgan fingerprint density at radius 3 is 2.35 bits per heavy atom. The van der Waals surface area contributed by atoms with Crippen molar-refractivity contribution < 1.29 is 9.53 Å². The lowest BCUT2D eigenvalue weighted by Gasteiger charge is -2.35. The zero-order chi connectivity index (χ0) is 13.1. The molecule has 0 aromatic rings. The molecule has 1 amide bonds. The van der Waals surface area contributed by atoms with Gasteiger partial charge < -0.3 is 9.64 Å². The van der Waals surface area contributed by atoms with Crippen molar-refractivity contribution in [2.75, 3.05) is 17.5 Å². The van der Waals surface area contributed by atoms with Crippen LogP contribution in [0.15, 0.2) is 0 Å². The second-order valence-corrected chi connectivity index (χ2v) is 6.82. The molecule has 0 aromatic carbocycles. The third-order valence-corrected chi connectivity index (χ3v) is 4.63. The van der Waals surface area contributed by atoms with E-state index in [1.165, 1.54) is 4.43 Å². The highest BCUT2D eigenvalue weighted by atomic mass is 127. The standard InChI is InChI=1S/C13H24INO2/c1-10(9-14)11-5-7-15(8-6-11)12(16)17-13(2,3)4/h10-11H,5-9H2,1-4H3. The first-order valence-corrected chi connectivity index (χ1v) is 7.90. The molecule has 1 saturated heterocycles. The predicted molar refractivity (Wildman–Crippen MR) is 78.6 cm³/mol. The van der Waals surface area contributed by atoms with Gasteiger partial charge in [0.15, 0.2) is 0 Å². The monoisotopic (exact) mass is 353 g/mol. The quantitative estimate of drug-likeness (QED) is 0.560. The summed E-state index contributed by atoms with van der Waals surface area (Å²) < 4.78 is 6.59. The zero-order valence-corrected chi connectivity index (χ0v) is 13.5. The molecule has 0 saturated carbocycles. The third kappa shape index (κ3) is 5.02. The Balaban J connectivity index is 2.39. The van der Waals surface area contributed by atoms with Crippen LogP contribution in [0.2, 0.25) is 0 Å². The van der Waals surface area contributed by atoms with E-state index in [0.717, 1.165) is 37.8 Å². The first kappa shape index (κ1) is 15.1. The lowest BCUT2D eigenvalue weighted by molar-refractivity contribution is 0.0167. The molecule has 3 nitrogen and oxygen atoms in total. The van der Waals surface area contributed by atoms with Gasteiger partial charge in [0.05, 0.1) is 0 Å². The number of nitrogens with zero attached hydrogens (tertiary/aromatic N) is 1. The van der Waals surface area contributed by atoms with E-state index >= 15 is 0 Å². The van der Waals surface area contributed by atoms with Gasteiger partial charge in [0.25, 0.3) is 0 Å². The first-order valence-electron chi connectivity index (χ1n) is 6.37. The number of carbonyl (C=O) groups excluding carboxylic acids is 1. The molecular weight excluding hydrogens is 329 g/mol. The maximum atomic E-state index is 11.9. The minimum absolute atomic E-state index is 0.155. The van der Waals surface area contributed by atoms with Gasteiger partial charge in [0.2, 0.25) is 0 Å². The summed E-state index contributed by atoms with van der Waals surface area (Å²) in [6, 6.07) is 0. The number of carbonyl (C=O) groups is 1. The maximum Gasteiger partial charge on any atom is 0.410 e. The highest BCUT2D eigenvalue weighted by molar-refractivity contribution is 14.1. The van der Waals surface area contributed by atoms with Gasteiger partial charge in [-0.15, -0.1) is 0 Å². The number of likely N-dealkylation sites (tertiary alicyclic amines) is 1. The third-order valence-electron chi connectivity index (χ3n) is 3.24. The molecule has 1 rings (SSSR count). The number of hydrogen-bond donors (Lipinski definition) is 0. The number of halogens is 1. The Morgan fingerprint density at radius 1 is 1.41 bits per heavy atom. The molecule has 4 heteroatoms. The van der Waals surface area contributed by atoms with Crippen LogP contribution in [-0.4, -0.2) is 34.1 Å². The van der Waals surface area contributed by atoms with Crippen molar-refractivity contribution in [3.8, 4) is 0 Å². The summed E-state index contributed by atoms with van der Waals surface area (Å²) in [6.07, 6.45) is 2.07. The summed E-state index contributed by atoms with van der Waals surface area (Å²) in [5, 5.41) is 0. The lowest BCUT2D eigenvalue weighted by atomic mass is 9.87. The molecule has 1 unspecified atom stereocenters. The van der Waals surface area contributed by atoms with E-state index < -0.39 is 0 Å². The molecule has 1 fully saturated rings. The Labute approximate surface area is 118 Å². The number of amides is 1. The fraction of sp³-hybridized carbons (Fsp3) is 0.923. The van der Waals surface area contributed by atoms with Gasteiger partial charge in [-0.2, -0.15) is 0 Å². The summed E-state index contributed by atoms with van der Waals surface area (Å²) in [5.74, 6) is 1.53. The number of ether oxygens (including phenoxy) is 1. The minimum atomic E-state index is -0.385. The van der Waals surface area contributed by atoms with Gasteiger partial charge in [-0.1, -0.05) is 29.5 Å². The van der Waals surface area contributed by atoms with E-state index in [1.807, 2.05) is 25.7 Å². The topological polar surface area (TPSA) is 29.5 Å². The van der Waals surface area contributed by atoms with Crippen LogP contribution in [0.3, 0.4) is 0 Å². The van der Waals surface area contributed by atoms with E-state index in [1.54, 1.807) is 0 Å². The van der Waals surface area contributed by atoms with Crippen LogP contribution in [0.25, 0.3) is 0 Å². The second kappa shape index (κ2) is 6.25. The van der Waals surface area contributed by atoms with Crippen molar-refractivity contribution in [1.29, 1.82) is 0 Å². The molecule has 0 aliphatic carbocycles. The average Bonchev–Trinajstić information content (AvgIpc) is 2.26. The van der Waals surface area contributed by atoms with E-state index in [9.17, 15) is 4.79 Å². The molecule has 1 aliphatic rings. The van der Waals surface area contributed by atoms with Crippen molar-refractivity contribution in [2.24, 2.45) is 11.8 Å². The number of hydrogen-bond acceptors (Lipinski definition) is 2. The largest absolute Gasteiger partial charge is 0.444 e. The van der Waals surface area contributed by atoms with Crippen LogP contribution >= 0.6 is 22.6 Å². The summed E-state index contributed by atoms with van der Waals surface area (Å²) >= 11 is 2.45. The normalized spacial score (nSPS) is 20.2. The van der Waals surface area contributed by atoms with Crippen LogP contribution in [-0.2, 0) is 4.74 Å². The van der Waals surface area contributed by atoms with E-state index in [0.29, 0.717) is 0 Å². The molecule has 17 heavy (non-hydrogen) atoms. The van der Waals surface area contributed by atoms with Gasteiger partial charge in [-0.25, -0.2) is 4.79 Å². The van der Waals surface area contributed by atoms with Gasteiger partial charge in [0, 0.05) is 17.5 Å². The van der Waals surface area contributed by atoms with Gasteiger partial charge in [-0.05, 0) is 45.4 Å². The number of piperidine rings is 1. The van der Waals surface area contributed by atoms with Gasteiger partial charge in [0.1, 0.15) is 5.60 Å².